The summed E-state index contributed by atoms with van der Waals surface area (Å²) in [7, 11) is 0. The smallest absolute Gasteiger partial charge is 0.332 e. The number of carboxylic acids is 1. The van der Waals surface area contributed by atoms with Gasteiger partial charge in [-0.3, -0.25) is 14.9 Å². The quantitative estimate of drug-likeness (QED) is 0.149. The van der Waals surface area contributed by atoms with E-state index in [9.17, 15) is 19.5 Å². The number of carbonyl (C=O) groups is 3. The Labute approximate surface area is 212 Å². The van der Waals surface area contributed by atoms with Crippen molar-refractivity contribution in [2.45, 2.75) is 147 Å². The zero-order chi connectivity index (χ0) is 25.7. The maximum absolute atomic E-state index is 11.9. The molecule has 0 heterocycles. The molecule has 0 aliphatic heterocycles. The van der Waals surface area contributed by atoms with Crippen LogP contribution in [0.15, 0.2) is 4.36 Å². The van der Waals surface area contributed by atoms with Crippen molar-refractivity contribution in [3.8, 4) is 0 Å². The molecule has 0 aliphatic rings. The second-order valence-electron chi connectivity index (χ2n) is 9.68. The molecule has 0 bridgehead atoms. The Hall–Kier alpha value is -1.41. The Bertz CT molecular complexity index is 586. The van der Waals surface area contributed by atoms with Crippen LogP contribution in [0.3, 0.4) is 0 Å². The first kappa shape index (κ1) is 32.6. The largest absolute Gasteiger partial charge is 0.479 e. The lowest BCUT2D eigenvalue weighted by Gasteiger charge is -2.23. The Balaban J connectivity index is 3.89. The summed E-state index contributed by atoms with van der Waals surface area (Å²) in [4.78, 5) is 35.2. The summed E-state index contributed by atoms with van der Waals surface area (Å²) in [5, 5.41) is 11.8. The molecule has 0 aromatic carbocycles. The Morgan fingerprint density at radius 2 is 1.24 bits per heavy atom. The predicted octanol–water partition coefficient (Wildman–Crippen LogP) is 5.96. The van der Waals surface area contributed by atoms with E-state index in [1.54, 1.807) is 0 Å². The lowest BCUT2D eigenvalue weighted by Crippen LogP contribution is -2.43. The van der Waals surface area contributed by atoms with E-state index in [1.165, 1.54) is 84.0 Å². The van der Waals surface area contributed by atoms with Gasteiger partial charge < -0.3 is 10.8 Å². The molecule has 0 saturated carbocycles. The minimum atomic E-state index is -1.46. The van der Waals surface area contributed by atoms with Gasteiger partial charge in [0.25, 0.3) is 0 Å². The fraction of sp³-hybridized carbons (Fsp3) is 0.885. The summed E-state index contributed by atoms with van der Waals surface area (Å²) in [6.45, 7) is 3.73. The highest BCUT2D eigenvalue weighted by atomic mass is 32.1. The van der Waals surface area contributed by atoms with Crippen LogP contribution >= 0.6 is 0 Å². The highest BCUT2D eigenvalue weighted by molar-refractivity contribution is 7.47. The average Bonchev–Trinajstić information content (AvgIpc) is 2.80. The highest BCUT2D eigenvalue weighted by Gasteiger charge is 2.38. The molecular weight excluding hydrogens is 450 g/mol. The van der Waals surface area contributed by atoms with Crippen LogP contribution in [0.5, 0.6) is 0 Å². The van der Waals surface area contributed by atoms with Gasteiger partial charge in [0, 0.05) is 18.8 Å². The van der Waals surface area contributed by atoms with Crippen LogP contribution < -0.4 is 11.1 Å². The second kappa shape index (κ2) is 20.9. The second-order valence-corrected chi connectivity index (χ2v) is 9.87. The van der Waals surface area contributed by atoms with E-state index in [1.807, 2.05) is 0 Å². The maximum atomic E-state index is 11.9. The topological polar surface area (TPSA) is 122 Å². The molecule has 2 atom stereocenters. The van der Waals surface area contributed by atoms with Crippen LogP contribution in [0.1, 0.15) is 136 Å². The summed E-state index contributed by atoms with van der Waals surface area (Å²) >= 11 is 4.78. The van der Waals surface area contributed by atoms with Gasteiger partial charge in [0.2, 0.25) is 11.8 Å². The van der Waals surface area contributed by atoms with Crippen LogP contribution in [0.4, 0.5) is 0 Å². The van der Waals surface area contributed by atoms with E-state index in [2.05, 4.69) is 16.6 Å². The lowest BCUT2D eigenvalue weighted by atomic mass is 9.88. The van der Waals surface area contributed by atoms with Crippen LogP contribution in [0.2, 0.25) is 0 Å². The van der Waals surface area contributed by atoms with Crippen molar-refractivity contribution < 1.29 is 19.5 Å². The number of hydrogen-bond donors (Lipinski definition) is 3. The fourth-order valence-electron chi connectivity index (χ4n) is 4.07. The monoisotopic (exact) mass is 499 g/mol. The zero-order valence-electron chi connectivity index (χ0n) is 21.6. The maximum Gasteiger partial charge on any atom is 0.332 e. The minimum absolute atomic E-state index is 0.0252. The number of nitrogens with zero attached hydrogens (tertiary/aromatic N) is 1. The van der Waals surface area contributed by atoms with Crippen LogP contribution in [-0.4, -0.2) is 34.5 Å². The van der Waals surface area contributed by atoms with Crippen molar-refractivity contribution in [3.63, 3.8) is 0 Å². The van der Waals surface area contributed by atoms with Gasteiger partial charge in [0.05, 0.1) is 6.04 Å². The molecule has 8 heteroatoms. The number of carboxylic acid groups (broad SMARTS) is 1. The molecular formula is C26H49N3O4S. The van der Waals surface area contributed by atoms with E-state index in [-0.39, 0.29) is 12.8 Å². The number of hydrogen-bond acceptors (Lipinski definition) is 6. The van der Waals surface area contributed by atoms with Crippen LogP contribution in [0.25, 0.3) is 0 Å². The number of nitrogens with two attached hydrogens (primary N) is 1. The lowest BCUT2D eigenvalue weighted by molar-refractivity contribution is -0.143. The first-order valence-corrected chi connectivity index (χ1v) is 13.8. The molecule has 0 radical (unpaired) electrons. The van der Waals surface area contributed by atoms with Gasteiger partial charge in [-0.15, -0.1) is 0 Å². The van der Waals surface area contributed by atoms with Crippen LogP contribution in [-0.2, 0) is 26.8 Å². The van der Waals surface area contributed by atoms with Crippen molar-refractivity contribution >= 4 is 30.2 Å². The van der Waals surface area contributed by atoms with E-state index in [0.717, 1.165) is 19.3 Å². The van der Waals surface area contributed by atoms with Gasteiger partial charge >= 0.3 is 5.97 Å². The summed E-state index contributed by atoms with van der Waals surface area (Å²) in [5.41, 5.74) is 3.96. The van der Waals surface area contributed by atoms with Crippen molar-refractivity contribution in [1.29, 1.82) is 0 Å². The SMILES string of the molecule is CCCCCCCCCCCCCCCCCC[C@@](CCC(=O)NC(=O)[C@@H](C)N)(N=S)C(=O)O. The number of aliphatic carboxylic acids is 1. The van der Waals surface area contributed by atoms with Gasteiger partial charge in [-0.1, -0.05) is 110 Å². The Kier molecular flexibility index (Phi) is 20.1. The summed E-state index contributed by atoms with van der Waals surface area (Å²) in [5.74, 6) is -2.26. The Morgan fingerprint density at radius 3 is 1.59 bits per heavy atom. The molecule has 0 unspecified atom stereocenters. The summed E-state index contributed by atoms with van der Waals surface area (Å²) in [6, 6.07) is -0.804. The molecule has 0 aliphatic carbocycles. The molecule has 34 heavy (non-hydrogen) atoms. The molecule has 4 N–H and O–H groups in total. The van der Waals surface area contributed by atoms with Gasteiger partial charge in [0.1, 0.15) is 0 Å². The molecule has 0 aromatic rings. The summed E-state index contributed by atoms with van der Waals surface area (Å²) < 4.78 is 3.71. The van der Waals surface area contributed by atoms with Crippen molar-refractivity contribution in [3.05, 3.63) is 0 Å². The minimum Gasteiger partial charge on any atom is -0.479 e. The molecule has 0 spiro atoms. The zero-order valence-corrected chi connectivity index (χ0v) is 22.4. The van der Waals surface area contributed by atoms with Crippen LogP contribution in [0, 0.1) is 0 Å². The van der Waals surface area contributed by atoms with Gasteiger partial charge in [-0.05, 0) is 19.8 Å². The van der Waals surface area contributed by atoms with E-state index >= 15 is 0 Å². The fourth-order valence-corrected chi connectivity index (χ4v) is 4.33. The van der Waals surface area contributed by atoms with E-state index in [0.29, 0.717) is 12.8 Å². The van der Waals surface area contributed by atoms with E-state index in [4.69, 9.17) is 18.2 Å². The highest BCUT2D eigenvalue weighted by Crippen LogP contribution is 2.26. The molecule has 0 fully saturated rings. The predicted molar refractivity (Wildman–Crippen MR) is 140 cm³/mol. The van der Waals surface area contributed by atoms with Crippen molar-refractivity contribution in [2.75, 3.05) is 0 Å². The molecule has 0 saturated heterocycles. The molecule has 0 aromatic heterocycles. The first-order chi connectivity index (χ1) is 16.3. The number of nitrogens with one attached hydrogen (secondary N) is 1. The molecule has 7 nitrogen and oxygen atoms in total. The standard InChI is InChI=1S/C26H49N3O4S/c1-3-4-5-6-7-8-9-10-11-12-13-14-15-16-17-18-20-26(29-34,25(32)33)21-19-23(30)28-24(31)22(2)27/h22H,3-21,27H2,1-2H3,(H,32,33)(H,28,30,31)/t22-,26+/m1/s1. The number of rotatable bonds is 23. The Morgan fingerprint density at radius 1 is 0.824 bits per heavy atom. The van der Waals surface area contributed by atoms with Crippen molar-refractivity contribution in [2.24, 2.45) is 10.1 Å². The van der Waals surface area contributed by atoms with Gasteiger partial charge in [0.15, 0.2) is 5.54 Å². The van der Waals surface area contributed by atoms with Gasteiger partial charge in [-0.2, -0.15) is 0 Å². The number of amides is 2. The summed E-state index contributed by atoms with van der Waals surface area (Å²) in [6.07, 6.45) is 20.1. The molecule has 2 amide bonds. The van der Waals surface area contributed by atoms with Gasteiger partial charge in [-0.25, -0.2) is 9.16 Å². The van der Waals surface area contributed by atoms with Crippen molar-refractivity contribution in [1.82, 2.24) is 5.32 Å². The average molecular weight is 500 g/mol. The van der Waals surface area contributed by atoms with E-state index < -0.39 is 29.4 Å². The first-order valence-electron chi connectivity index (χ1n) is 13.5. The molecule has 198 valence electrons. The third kappa shape index (κ3) is 16.3. The number of imide groups is 1. The third-order valence-electron chi connectivity index (χ3n) is 6.46. The molecule has 0 rings (SSSR count). The third-order valence-corrected chi connectivity index (χ3v) is 6.81. The number of carbonyl (C=O) groups excluding carboxylic acids is 2. The number of unbranched alkanes of at least 4 members (excludes halogenated alkanes) is 15. The normalized spacial score (nSPS) is 13.7.